The predicted octanol–water partition coefficient (Wildman–Crippen LogP) is 4.37. The van der Waals surface area contributed by atoms with Gasteiger partial charge in [-0.05, 0) is 28.5 Å². The van der Waals surface area contributed by atoms with Crippen LogP contribution in [0, 0.1) is 0 Å². The van der Waals surface area contributed by atoms with E-state index in [1.54, 1.807) is 0 Å². The fourth-order valence-electron chi connectivity index (χ4n) is 2.46. The van der Waals surface area contributed by atoms with Crippen molar-refractivity contribution in [3.05, 3.63) is 47.0 Å². The van der Waals surface area contributed by atoms with E-state index in [9.17, 15) is 0 Å². The first kappa shape index (κ1) is 11.4. The minimum absolute atomic E-state index is 0.158. The molecule has 0 saturated carbocycles. The minimum atomic E-state index is 0.158. The zero-order chi connectivity index (χ0) is 12.1. The SMILES string of the molecule is C=C1Cc2cc(C(C)(C)C)ccc2C1(C)C. The molecule has 0 nitrogen and oxygen atoms in total. The molecule has 0 N–H and O–H groups in total. The molecule has 1 aliphatic rings. The van der Waals surface area contributed by atoms with Crippen molar-refractivity contribution in [3.63, 3.8) is 0 Å². The topological polar surface area (TPSA) is 0 Å². The van der Waals surface area contributed by atoms with Crippen LogP contribution >= 0.6 is 0 Å². The third kappa shape index (κ3) is 1.61. The Bertz CT molecular complexity index is 442. The van der Waals surface area contributed by atoms with E-state index in [0.29, 0.717) is 0 Å². The standard InChI is InChI=1S/C16H22/c1-11-9-12-10-13(15(2,3)4)7-8-14(12)16(11,5)6/h7-8,10H,1,9H2,2-6H3. The zero-order valence-electron chi connectivity index (χ0n) is 11.1. The van der Waals surface area contributed by atoms with Crippen molar-refractivity contribution < 1.29 is 0 Å². The second kappa shape index (κ2) is 3.23. The molecule has 1 aromatic carbocycles. The first-order valence-corrected chi connectivity index (χ1v) is 6.05. The van der Waals surface area contributed by atoms with Crippen LogP contribution in [0.5, 0.6) is 0 Å². The first-order chi connectivity index (χ1) is 7.23. The zero-order valence-corrected chi connectivity index (χ0v) is 11.1. The lowest BCUT2D eigenvalue weighted by atomic mass is 9.81. The van der Waals surface area contributed by atoms with E-state index in [4.69, 9.17) is 0 Å². The molecule has 0 bridgehead atoms. The maximum Gasteiger partial charge on any atom is 0.0109 e. The average molecular weight is 214 g/mol. The van der Waals surface area contributed by atoms with E-state index in [1.807, 2.05) is 0 Å². The van der Waals surface area contributed by atoms with Crippen molar-refractivity contribution in [1.29, 1.82) is 0 Å². The Morgan fingerprint density at radius 3 is 2.38 bits per heavy atom. The second-order valence-electron chi connectivity index (χ2n) is 6.53. The average Bonchev–Trinajstić information content (AvgIpc) is 2.36. The molecule has 0 radical (unpaired) electrons. The van der Waals surface area contributed by atoms with Crippen LogP contribution in [0.4, 0.5) is 0 Å². The summed E-state index contributed by atoms with van der Waals surface area (Å²) >= 11 is 0. The van der Waals surface area contributed by atoms with Gasteiger partial charge in [0.15, 0.2) is 0 Å². The van der Waals surface area contributed by atoms with Crippen LogP contribution in [0.3, 0.4) is 0 Å². The molecule has 0 aromatic heterocycles. The van der Waals surface area contributed by atoms with Gasteiger partial charge in [-0.2, -0.15) is 0 Å². The van der Waals surface area contributed by atoms with E-state index < -0.39 is 0 Å². The highest BCUT2D eigenvalue weighted by Gasteiger charge is 2.33. The first-order valence-electron chi connectivity index (χ1n) is 6.05. The molecule has 0 saturated heterocycles. The van der Waals surface area contributed by atoms with Crippen molar-refractivity contribution in [2.24, 2.45) is 0 Å². The molecule has 16 heavy (non-hydrogen) atoms. The molecule has 0 unspecified atom stereocenters. The van der Waals surface area contributed by atoms with Crippen LogP contribution in [0.15, 0.2) is 30.4 Å². The largest absolute Gasteiger partial charge is 0.0986 e. The second-order valence-corrected chi connectivity index (χ2v) is 6.53. The van der Waals surface area contributed by atoms with Crippen LogP contribution in [-0.2, 0) is 17.3 Å². The minimum Gasteiger partial charge on any atom is -0.0986 e. The Labute approximate surface area is 99.4 Å². The Balaban J connectivity index is 2.53. The highest BCUT2D eigenvalue weighted by atomic mass is 14.4. The smallest absolute Gasteiger partial charge is 0.0109 e. The lowest BCUT2D eigenvalue weighted by molar-refractivity contribution is 0.588. The summed E-state index contributed by atoms with van der Waals surface area (Å²) in [5.74, 6) is 0. The summed E-state index contributed by atoms with van der Waals surface area (Å²) in [6.45, 7) is 15.6. The summed E-state index contributed by atoms with van der Waals surface area (Å²) in [4.78, 5) is 0. The molecule has 1 aromatic rings. The maximum absolute atomic E-state index is 4.21. The Morgan fingerprint density at radius 2 is 1.81 bits per heavy atom. The summed E-state index contributed by atoms with van der Waals surface area (Å²) in [6.07, 6.45) is 1.05. The summed E-state index contributed by atoms with van der Waals surface area (Å²) in [5.41, 5.74) is 6.10. The van der Waals surface area contributed by atoms with Crippen molar-refractivity contribution in [2.75, 3.05) is 0 Å². The number of benzene rings is 1. The summed E-state index contributed by atoms with van der Waals surface area (Å²) in [5, 5.41) is 0. The van der Waals surface area contributed by atoms with Gasteiger partial charge in [0.2, 0.25) is 0 Å². The quantitative estimate of drug-likeness (QED) is 0.562. The van der Waals surface area contributed by atoms with Gasteiger partial charge in [-0.3, -0.25) is 0 Å². The van der Waals surface area contributed by atoms with Gasteiger partial charge >= 0.3 is 0 Å². The fraction of sp³-hybridized carbons (Fsp3) is 0.500. The number of allylic oxidation sites excluding steroid dienone is 1. The summed E-state index contributed by atoms with van der Waals surface area (Å²) in [7, 11) is 0. The number of rotatable bonds is 0. The van der Waals surface area contributed by atoms with Crippen LogP contribution in [-0.4, -0.2) is 0 Å². The molecule has 0 heteroatoms. The summed E-state index contributed by atoms with van der Waals surface area (Å²) < 4.78 is 0. The van der Waals surface area contributed by atoms with Crippen molar-refractivity contribution >= 4 is 0 Å². The lowest BCUT2D eigenvalue weighted by Crippen LogP contribution is -2.15. The summed E-state index contributed by atoms with van der Waals surface area (Å²) in [6, 6.07) is 6.95. The molecule has 0 aliphatic heterocycles. The molecular weight excluding hydrogens is 192 g/mol. The molecule has 2 rings (SSSR count). The molecule has 1 aliphatic carbocycles. The van der Waals surface area contributed by atoms with Gasteiger partial charge in [0.25, 0.3) is 0 Å². The van der Waals surface area contributed by atoms with Crippen LogP contribution in [0.1, 0.15) is 51.3 Å². The van der Waals surface area contributed by atoms with Crippen molar-refractivity contribution in [3.8, 4) is 0 Å². The number of fused-ring (bicyclic) bond motifs is 1. The van der Waals surface area contributed by atoms with E-state index in [-0.39, 0.29) is 10.8 Å². The van der Waals surface area contributed by atoms with Crippen molar-refractivity contribution in [2.45, 2.75) is 51.9 Å². The van der Waals surface area contributed by atoms with Crippen LogP contribution in [0.25, 0.3) is 0 Å². The number of hydrogen-bond acceptors (Lipinski definition) is 0. The maximum atomic E-state index is 4.21. The highest BCUT2D eigenvalue weighted by Crippen LogP contribution is 2.42. The Morgan fingerprint density at radius 1 is 1.19 bits per heavy atom. The molecule has 0 amide bonds. The van der Waals surface area contributed by atoms with E-state index in [0.717, 1.165) is 6.42 Å². The van der Waals surface area contributed by atoms with Gasteiger partial charge in [0.1, 0.15) is 0 Å². The van der Waals surface area contributed by atoms with Crippen LogP contribution < -0.4 is 0 Å². The van der Waals surface area contributed by atoms with E-state index in [1.165, 1.54) is 22.3 Å². The van der Waals surface area contributed by atoms with Gasteiger partial charge in [0, 0.05) is 5.41 Å². The molecule has 0 fully saturated rings. The van der Waals surface area contributed by atoms with E-state index >= 15 is 0 Å². The lowest BCUT2D eigenvalue weighted by Gasteiger charge is -2.23. The predicted molar refractivity (Wildman–Crippen MR) is 71.0 cm³/mol. The molecule has 0 heterocycles. The highest BCUT2D eigenvalue weighted by molar-refractivity contribution is 5.50. The van der Waals surface area contributed by atoms with E-state index in [2.05, 4.69) is 59.4 Å². The van der Waals surface area contributed by atoms with Gasteiger partial charge < -0.3 is 0 Å². The third-order valence-corrected chi connectivity index (χ3v) is 3.93. The number of hydrogen-bond donors (Lipinski definition) is 0. The van der Waals surface area contributed by atoms with Gasteiger partial charge in [-0.25, -0.2) is 0 Å². The Kier molecular flexibility index (Phi) is 2.31. The van der Waals surface area contributed by atoms with Gasteiger partial charge in [-0.15, -0.1) is 0 Å². The third-order valence-electron chi connectivity index (χ3n) is 3.93. The fourth-order valence-corrected chi connectivity index (χ4v) is 2.46. The molecule has 0 spiro atoms. The molecular formula is C16H22. The van der Waals surface area contributed by atoms with Gasteiger partial charge in [0.05, 0.1) is 0 Å². The van der Waals surface area contributed by atoms with Gasteiger partial charge in [-0.1, -0.05) is 65.0 Å². The normalized spacial score (nSPS) is 18.7. The molecule has 86 valence electrons. The van der Waals surface area contributed by atoms with Crippen molar-refractivity contribution in [1.82, 2.24) is 0 Å². The Hall–Kier alpha value is -1.04. The molecule has 0 atom stereocenters. The van der Waals surface area contributed by atoms with Crippen LogP contribution in [0.2, 0.25) is 0 Å². The monoisotopic (exact) mass is 214 g/mol.